The van der Waals surface area contributed by atoms with Gasteiger partial charge in [0.2, 0.25) is 5.91 Å². The topological polar surface area (TPSA) is 159 Å². The number of nitrogens with one attached hydrogen (secondary N) is 1. The summed E-state index contributed by atoms with van der Waals surface area (Å²) in [7, 11) is 1.91. The van der Waals surface area contributed by atoms with Crippen LogP contribution in [-0.4, -0.2) is 122 Å². The Morgan fingerprint density at radius 1 is 0.944 bits per heavy atom. The fourth-order valence-electron chi connectivity index (χ4n) is 12.5. The van der Waals surface area contributed by atoms with Crippen molar-refractivity contribution in [1.29, 1.82) is 0 Å². The number of terminal acetylenes is 1. The number of fused-ring (bicyclic) bond motifs is 5. The molecule has 3 aromatic heterocycles. The van der Waals surface area contributed by atoms with Gasteiger partial charge in [0.1, 0.15) is 40.2 Å². The quantitative estimate of drug-likeness (QED) is 0.104. The fraction of sp³-hybridized carbons (Fsp3) is 0.473. The molecule has 1 amide bonds. The van der Waals surface area contributed by atoms with Crippen LogP contribution in [-0.2, 0) is 21.4 Å². The second kappa shape index (κ2) is 17.9. The lowest BCUT2D eigenvalue weighted by molar-refractivity contribution is -0.138. The van der Waals surface area contributed by atoms with Crippen molar-refractivity contribution < 1.29 is 33.0 Å². The number of carbonyl (C=O) groups is 3. The predicted molar refractivity (Wildman–Crippen MR) is 264 cm³/mol. The maximum absolute atomic E-state index is 17.1. The number of benzene rings is 3. The molecular formula is C55H57F2N9O5. The van der Waals surface area contributed by atoms with Crippen molar-refractivity contribution in [1.82, 2.24) is 39.8 Å². The lowest BCUT2D eigenvalue weighted by Gasteiger charge is -2.38. The number of pyridine rings is 1. The zero-order valence-corrected chi connectivity index (χ0v) is 39.9. The number of Topliss-reactive ketones (excluding diaryl/α,β-unsaturated/α-hetero) is 2. The first-order valence-corrected chi connectivity index (χ1v) is 25.4. The number of piperazine rings is 1. The molecule has 0 spiro atoms. The Morgan fingerprint density at radius 3 is 2.45 bits per heavy atom. The Labute approximate surface area is 410 Å². The maximum Gasteiger partial charge on any atom is 0.319 e. The average Bonchev–Trinajstić information content (AvgIpc) is 3.95. The molecule has 6 fully saturated rings. The van der Waals surface area contributed by atoms with Crippen LogP contribution >= 0.6 is 0 Å². The number of ketones is 2. The minimum absolute atomic E-state index is 0.00530. The first-order chi connectivity index (χ1) is 34.4. The summed E-state index contributed by atoms with van der Waals surface area (Å²) in [4.78, 5) is 59.5. The van der Waals surface area contributed by atoms with Crippen LogP contribution in [0.3, 0.4) is 0 Å². The van der Waals surface area contributed by atoms with E-state index in [1.807, 2.05) is 11.7 Å². The normalized spacial score (nSPS) is 23.0. The van der Waals surface area contributed by atoms with E-state index in [0.717, 1.165) is 101 Å². The van der Waals surface area contributed by atoms with Gasteiger partial charge in [-0.15, -0.1) is 6.42 Å². The van der Waals surface area contributed by atoms with Crippen molar-refractivity contribution in [2.45, 2.75) is 94.5 Å². The number of hydrogen-bond donors (Lipinski definition) is 2. The molecule has 3 unspecified atom stereocenters. The molecule has 14 nitrogen and oxygen atoms in total. The highest BCUT2D eigenvalue weighted by atomic mass is 19.1. The van der Waals surface area contributed by atoms with Gasteiger partial charge in [-0.1, -0.05) is 24.1 Å². The van der Waals surface area contributed by atoms with E-state index in [1.54, 1.807) is 6.20 Å². The monoisotopic (exact) mass is 961 g/mol. The number of likely N-dealkylation sites (tertiary alicyclic amines) is 2. The summed E-state index contributed by atoms with van der Waals surface area (Å²) < 4.78 is 40.5. The van der Waals surface area contributed by atoms with Crippen LogP contribution in [0.4, 0.5) is 14.6 Å². The Hall–Kier alpha value is -6.57. The van der Waals surface area contributed by atoms with Gasteiger partial charge in [-0.3, -0.25) is 24.0 Å². The predicted octanol–water partition coefficient (Wildman–Crippen LogP) is 7.32. The summed E-state index contributed by atoms with van der Waals surface area (Å²) in [6, 6.07) is 12.6. The number of carbonyl (C=O) groups excluding carboxylic acids is 3. The van der Waals surface area contributed by atoms with Crippen LogP contribution in [0.25, 0.3) is 43.8 Å². The van der Waals surface area contributed by atoms with Crippen LogP contribution in [0.2, 0.25) is 0 Å². The highest BCUT2D eigenvalue weighted by molar-refractivity contribution is 6.06. The number of aryl methyl sites for hydroxylation is 1. The van der Waals surface area contributed by atoms with E-state index in [-0.39, 0.29) is 92.7 Å². The third-order valence-corrected chi connectivity index (χ3v) is 16.6. The Kier molecular flexibility index (Phi) is 11.5. The van der Waals surface area contributed by atoms with Crippen molar-refractivity contribution in [2.24, 2.45) is 18.4 Å². The van der Waals surface area contributed by atoms with E-state index >= 15 is 8.78 Å². The molecule has 6 aliphatic rings. The number of piperidine rings is 2. The Bertz CT molecular complexity index is 3190. The number of phenolic OH excluding ortho intramolecular Hbond substituents is 1. The third-order valence-electron chi connectivity index (χ3n) is 16.6. The van der Waals surface area contributed by atoms with E-state index in [9.17, 15) is 19.5 Å². The van der Waals surface area contributed by atoms with Gasteiger partial charge in [-0.25, -0.2) is 8.78 Å². The summed E-state index contributed by atoms with van der Waals surface area (Å²) in [5, 5.41) is 21.2. The molecule has 2 aliphatic carbocycles. The molecule has 16 heteroatoms. The van der Waals surface area contributed by atoms with Gasteiger partial charge in [0.25, 0.3) is 0 Å². The second-order valence-corrected chi connectivity index (χ2v) is 21.2. The number of aromatic hydroxyl groups is 1. The van der Waals surface area contributed by atoms with Crippen molar-refractivity contribution in [3.05, 3.63) is 77.1 Å². The Morgan fingerprint density at radius 2 is 1.72 bits per heavy atom. The first-order valence-electron chi connectivity index (χ1n) is 25.4. The van der Waals surface area contributed by atoms with E-state index < -0.39 is 11.6 Å². The molecule has 7 heterocycles. The van der Waals surface area contributed by atoms with Crippen LogP contribution in [0.5, 0.6) is 11.8 Å². The van der Waals surface area contributed by atoms with E-state index in [4.69, 9.17) is 26.2 Å². The van der Waals surface area contributed by atoms with Gasteiger partial charge in [0.05, 0.1) is 41.1 Å². The van der Waals surface area contributed by atoms with Gasteiger partial charge in [0.15, 0.2) is 5.82 Å². The molecule has 4 saturated heterocycles. The average molecular weight is 962 g/mol. The highest BCUT2D eigenvalue weighted by Crippen LogP contribution is 2.48. The van der Waals surface area contributed by atoms with Gasteiger partial charge >= 0.3 is 6.01 Å². The molecule has 12 rings (SSSR count). The number of halogens is 2. The molecule has 3 aromatic carbocycles. The second-order valence-electron chi connectivity index (χ2n) is 21.2. The number of rotatable bonds is 10. The van der Waals surface area contributed by atoms with Crippen LogP contribution in [0.1, 0.15) is 99.3 Å². The van der Waals surface area contributed by atoms with Gasteiger partial charge in [0, 0.05) is 92.1 Å². The highest BCUT2D eigenvalue weighted by Gasteiger charge is 2.46. The van der Waals surface area contributed by atoms with Crippen molar-refractivity contribution >= 4 is 55.9 Å². The van der Waals surface area contributed by atoms with Crippen LogP contribution in [0, 0.1) is 35.3 Å². The van der Waals surface area contributed by atoms with E-state index in [2.05, 4.69) is 49.1 Å². The molecule has 0 radical (unpaired) electrons. The molecule has 4 aliphatic heterocycles. The van der Waals surface area contributed by atoms with Crippen molar-refractivity contribution in [3.63, 3.8) is 0 Å². The number of amides is 1. The lowest BCUT2D eigenvalue weighted by Crippen LogP contribution is -2.51. The molecule has 71 heavy (non-hydrogen) atoms. The minimum Gasteiger partial charge on any atom is -0.508 e. The number of aromatic nitrogens is 5. The summed E-state index contributed by atoms with van der Waals surface area (Å²) in [6.07, 6.45) is 15.7. The summed E-state index contributed by atoms with van der Waals surface area (Å²) in [5.41, 5.74) is 2.89. The van der Waals surface area contributed by atoms with E-state index in [1.165, 1.54) is 29.8 Å². The van der Waals surface area contributed by atoms with Crippen LogP contribution < -0.4 is 15.0 Å². The summed E-state index contributed by atoms with van der Waals surface area (Å²) in [5.74, 6) is 1.64. The standard InChI is InChI=1S/C55H57F2N9O5/c1-3-39-44(56)11-5-34-22-38(68)24-42(47(34)39)50-48(57)51-43(26-58-50)52(66-27-35-6-7-36(28-66)59-35)61-54(60-51)71-30-55(16-17-55)29-64-18-12-32(13-19-64)53(70)65-20-14-31(15-21-65)33-4-9-40-45(23-33)63(2)62-49(40)41-10-8-37(67)25-46(41)69/h1,4-5,9,11,22-24,26,31-32,35-36,41,59,68H,6-8,10,12-21,25,27-30H2,2H3. The lowest BCUT2D eigenvalue weighted by atomic mass is 9.83. The van der Waals surface area contributed by atoms with Gasteiger partial charge in [-0.05, 0) is 112 Å². The zero-order valence-electron chi connectivity index (χ0n) is 39.9. The number of ether oxygens (including phenoxy) is 1. The molecule has 6 aromatic rings. The summed E-state index contributed by atoms with van der Waals surface area (Å²) >= 11 is 0. The fourth-order valence-corrected chi connectivity index (χ4v) is 12.5. The molecule has 366 valence electrons. The SMILES string of the molecule is C#Cc1c(F)ccc2cc(O)cc(-c3ncc4c(N5CC6CCC(C5)N6)nc(OCC5(CN6CCC(C(=O)N7CCC(c8ccc9c(C%10CCC(=O)CC%10=O)nn(C)c9c8)CC7)CC6)CC5)nc4c3F)c12. The first kappa shape index (κ1) is 45.6. The molecule has 2 bridgehead atoms. The van der Waals surface area contributed by atoms with Gasteiger partial charge < -0.3 is 29.9 Å². The maximum atomic E-state index is 17.1. The summed E-state index contributed by atoms with van der Waals surface area (Å²) in [6.45, 7) is 5.65. The molecule has 2 N–H and O–H groups in total. The molecule has 3 atom stereocenters. The number of anilines is 1. The van der Waals surface area contributed by atoms with Crippen molar-refractivity contribution in [2.75, 3.05) is 57.3 Å². The molecule has 2 saturated carbocycles. The largest absolute Gasteiger partial charge is 0.508 e. The van der Waals surface area contributed by atoms with Gasteiger partial charge in [-0.2, -0.15) is 15.1 Å². The number of phenols is 1. The number of hydrogen-bond acceptors (Lipinski definition) is 12. The smallest absolute Gasteiger partial charge is 0.319 e. The van der Waals surface area contributed by atoms with Crippen molar-refractivity contribution in [3.8, 4) is 35.4 Å². The number of nitrogens with zero attached hydrogens (tertiary/aromatic N) is 8. The Balaban J connectivity index is 0.702. The molecular weight excluding hydrogens is 905 g/mol. The van der Waals surface area contributed by atoms with Crippen LogP contribution in [0.15, 0.2) is 48.7 Å². The minimum atomic E-state index is -0.746. The third kappa shape index (κ3) is 8.44. The van der Waals surface area contributed by atoms with E-state index in [0.29, 0.717) is 55.0 Å². The zero-order chi connectivity index (χ0) is 48.7.